The number of likely N-dealkylation sites (tertiary alicyclic amines) is 1. The third-order valence-electron chi connectivity index (χ3n) is 5.16. The first kappa shape index (κ1) is 19.6. The molecule has 2 aromatic heterocycles. The Morgan fingerprint density at radius 3 is 2.67 bits per heavy atom. The number of benzene rings is 1. The summed E-state index contributed by atoms with van der Waals surface area (Å²) in [6.45, 7) is 4.47. The lowest BCUT2D eigenvalue weighted by molar-refractivity contribution is -0.137. The van der Waals surface area contributed by atoms with Crippen molar-refractivity contribution >= 4 is 16.9 Å². The molecule has 1 aliphatic rings. The van der Waals surface area contributed by atoms with E-state index in [4.69, 9.17) is 0 Å². The normalized spacial score (nSPS) is 16.6. The molecule has 0 aliphatic carbocycles. The van der Waals surface area contributed by atoms with E-state index in [0.717, 1.165) is 12.1 Å². The fourth-order valence-corrected chi connectivity index (χ4v) is 3.64. The maximum atomic E-state index is 12.9. The zero-order valence-corrected chi connectivity index (χ0v) is 15.7. The number of halogens is 3. The molecule has 1 fully saturated rings. The monoisotopic (exact) mass is 411 g/mol. The number of pyridine rings is 1. The van der Waals surface area contributed by atoms with Gasteiger partial charge in [0.05, 0.1) is 17.2 Å². The first-order valence-corrected chi connectivity index (χ1v) is 9.19. The molecule has 1 saturated heterocycles. The molecule has 0 N–H and O–H groups in total. The summed E-state index contributed by atoms with van der Waals surface area (Å²) in [5.41, 5.74) is 1.02. The van der Waals surface area contributed by atoms with Crippen LogP contribution in [0.25, 0.3) is 22.3 Å². The molecule has 6 nitrogen and oxygen atoms in total. The number of aromatic nitrogens is 3. The molecule has 30 heavy (non-hydrogen) atoms. The van der Waals surface area contributed by atoms with Gasteiger partial charge in [0.1, 0.15) is 11.8 Å². The third-order valence-corrected chi connectivity index (χ3v) is 5.16. The van der Waals surface area contributed by atoms with Gasteiger partial charge in [0, 0.05) is 30.2 Å². The summed E-state index contributed by atoms with van der Waals surface area (Å²) in [6.07, 6.45) is -1.09. The molecule has 1 amide bonds. The summed E-state index contributed by atoms with van der Waals surface area (Å²) >= 11 is 0. The van der Waals surface area contributed by atoms with Crippen molar-refractivity contribution in [2.75, 3.05) is 13.1 Å². The van der Waals surface area contributed by atoms with Gasteiger partial charge in [-0.25, -0.2) is 9.67 Å². The molecule has 3 heterocycles. The van der Waals surface area contributed by atoms with Gasteiger partial charge in [-0.05, 0) is 30.7 Å². The van der Waals surface area contributed by atoms with E-state index in [1.807, 2.05) is 6.07 Å². The Morgan fingerprint density at radius 2 is 2.03 bits per heavy atom. The van der Waals surface area contributed by atoms with E-state index in [2.05, 4.69) is 16.7 Å². The molecule has 0 saturated carbocycles. The van der Waals surface area contributed by atoms with Crippen molar-refractivity contribution in [3.63, 3.8) is 0 Å². The molecule has 0 spiro atoms. The van der Waals surface area contributed by atoms with Gasteiger partial charge in [-0.2, -0.15) is 23.5 Å². The van der Waals surface area contributed by atoms with Crippen LogP contribution in [-0.4, -0.2) is 38.7 Å². The molecule has 1 aliphatic heterocycles. The molecule has 1 unspecified atom stereocenters. The third kappa shape index (κ3) is 3.41. The summed E-state index contributed by atoms with van der Waals surface area (Å²) in [7, 11) is 0. The zero-order valence-electron chi connectivity index (χ0n) is 15.7. The summed E-state index contributed by atoms with van der Waals surface area (Å²) in [6, 6.07) is 8.23. The zero-order chi connectivity index (χ0) is 21.5. The van der Waals surface area contributed by atoms with Crippen LogP contribution in [0.5, 0.6) is 0 Å². The molecule has 9 heteroatoms. The number of nitriles is 1. The van der Waals surface area contributed by atoms with E-state index in [1.54, 1.807) is 15.6 Å². The van der Waals surface area contributed by atoms with Crippen LogP contribution in [0.3, 0.4) is 0 Å². The average Bonchev–Trinajstić information content (AvgIpc) is 3.37. The smallest absolute Gasteiger partial charge is 0.337 e. The van der Waals surface area contributed by atoms with E-state index >= 15 is 0 Å². The maximum absolute atomic E-state index is 12.9. The lowest BCUT2D eigenvalue weighted by Gasteiger charge is -2.14. The molecular formula is C21H16F3N5O. The number of rotatable bonds is 3. The molecule has 3 aromatic rings. The quantitative estimate of drug-likeness (QED) is 0.612. The van der Waals surface area contributed by atoms with Gasteiger partial charge in [-0.15, -0.1) is 0 Å². The molecule has 1 atom stereocenters. The number of carbonyl (C=O) groups is 1. The van der Waals surface area contributed by atoms with Crippen LogP contribution >= 0.6 is 0 Å². The number of hydrogen-bond acceptors (Lipinski definition) is 4. The predicted octanol–water partition coefficient (Wildman–Crippen LogP) is 3.95. The summed E-state index contributed by atoms with van der Waals surface area (Å²) in [5, 5.41) is 14.4. The Labute approximate surface area is 169 Å². The van der Waals surface area contributed by atoms with Gasteiger partial charge in [-0.1, -0.05) is 18.7 Å². The van der Waals surface area contributed by atoms with Crippen molar-refractivity contribution in [1.29, 1.82) is 5.26 Å². The van der Waals surface area contributed by atoms with Crippen molar-refractivity contribution in [2.24, 2.45) is 0 Å². The van der Waals surface area contributed by atoms with Gasteiger partial charge >= 0.3 is 6.18 Å². The fraction of sp³-hybridized carbons (Fsp3) is 0.238. The molecular weight excluding hydrogens is 395 g/mol. The molecule has 0 radical (unpaired) electrons. The van der Waals surface area contributed by atoms with Crippen LogP contribution in [0.4, 0.5) is 13.2 Å². The first-order chi connectivity index (χ1) is 14.3. The summed E-state index contributed by atoms with van der Waals surface area (Å²) in [4.78, 5) is 17.9. The van der Waals surface area contributed by atoms with Crippen LogP contribution in [0.2, 0.25) is 0 Å². The number of nitrogens with zero attached hydrogens (tertiary/aromatic N) is 5. The van der Waals surface area contributed by atoms with Gasteiger partial charge in [-0.3, -0.25) is 4.79 Å². The minimum atomic E-state index is -4.43. The Kier molecular flexibility index (Phi) is 4.78. The van der Waals surface area contributed by atoms with Crippen LogP contribution in [-0.2, 0) is 11.0 Å². The molecule has 4 rings (SSSR count). The topological polar surface area (TPSA) is 74.8 Å². The van der Waals surface area contributed by atoms with Gasteiger partial charge in [0.15, 0.2) is 5.65 Å². The van der Waals surface area contributed by atoms with E-state index in [-0.39, 0.29) is 11.9 Å². The van der Waals surface area contributed by atoms with E-state index in [0.29, 0.717) is 47.4 Å². The summed E-state index contributed by atoms with van der Waals surface area (Å²) in [5.74, 6) is -0.170. The van der Waals surface area contributed by atoms with Crippen molar-refractivity contribution in [2.45, 2.75) is 18.6 Å². The molecule has 1 aromatic carbocycles. The number of carbonyl (C=O) groups excluding carboxylic acids is 1. The van der Waals surface area contributed by atoms with E-state index in [1.165, 1.54) is 24.4 Å². The largest absolute Gasteiger partial charge is 0.416 e. The average molecular weight is 411 g/mol. The lowest BCUT2D eigenvalue weighted by atomic mass is 10.1. The minimum Gasteiger partial charge on any atom is -0.337 e. The molecule has 152 valence electrons. The second-order valence-corrected chi connectivity index (χ2v) is 7.01. The van der Waals surface area contributed by atoms with Gasteiger partial charge in [0.25, 0.3) is 0 Å². The van der Waals surface area contributed by atoms with Crippen molar-refractivity contribution < 1.29 is 18.0 Å². The number of alkyl halides is 3. The van der Waals surface area contributed by atoms with Gasteiger partial charge in [0.2, 0.25) is 5.91 Å². The number of amides is 1. The van der Waals surface area contributed by atoms with Crippen LogP contribution in [0.1, 0.15) is 23.6 Å². The lowest BCUT2D eigenvalue weighted by Crippen LogP contribution is -2.27. The minimum absolute atomic E-state index is 0.139. The predicted molar refractivity (Wildman–Crippen MR) is 103 cm³/mol. The van der Waals surface area contributed by atoms with Crippen LogP contribution < -0.4 is 0 Å². The first-order valence-electron chi connectivity index (χ1n) is 9.19. The van der Waals surface area contributed by atoms with E-state index < -0.39 is 11.7 Å². The van der Waals surface area contributed by atoms with Crippen molar-refractivity contribution in [3.8, 4) is 17.3 Å². The standard InChI is InChI=1S/C21H16F3N5O/c1-2-18(30)28-8-7-16(12-28)29-20-17(9-13(10-25)11-26-20)19(27-29)14-3-5-15(6-4-14)21(22,23)24/h2-6,9,11,16H,1,7-8,12H2. The Bertz CT molecular complexity index is 1170. The van der Waals surface area contributed by atoms with Crippen LogP contribution in [0, 0.1) is 11.3 Å². The fourth-order valence-electron chi connectivity index (χ4n) is 3.64. The second-order valence-electron chi connectivity index (χ2n) is 7.01. The van der Waals surface area contributed by atoms with Crippen molar-refractivity contribution in [3.05, 3.63) is 60.3 Å². The maximum Gasteiger partial charge on any atom is 0.416 e. The Morgan fingerprint density at radius 1 is 1.30 bits per heavy atom. The number of fused-ring (bicyclic) bond motifs is 1. The highest BCUT2D eigenvalue weighted by molar-refractivity contribution is 5.92. The van der Waals surface area contributed by atoms with Crippen LogP contribution in [0.15, 0.2) is 49.2 Å². The SMILES string of the molecule is C=CC(=O)N1CCC(n2nc(-c3ccc(C(F)(F)F)cc3)c3cc(C#N)cnc32)C1. The molecule has 0 bridgehead atoms. The highest BCUT2D eigenvalue weighted by Gasteiger charge is 2.31. The van der Waals surface area contributed by atoms with Gasteiger partial charge < -0.3 is 4.90 Å². The second kappa shape index (κ2) is 7.30. The number of hydrogen-bond donors (Lipinski definition) is 0. The van der Waals surface area contributed by atoms with Crippen molar-refractivity contribution in [1.82, 2.24) is 19.7 Å². The highest BCUT2D eigenvalue weighted by Crippen LogP contribution is 2.34. The Hall–Kier alpha value is -3.67. The highest BCUT2D eigenvalue weighted by atomic mass is 19.4. The van der Waals surface area contributed by atoms with E-state index in [9.17, 15) is 23.2 Å². The Balaban J connectivity index is 1.80. The summed E-state index contributed by atoms with van der Waals surface area (Å²) < 4.78 is 40.4.